The van der Waals surface area contributed by atoms with Gasteiger partial charge in [-0.25, -0.2) is 0 Å². The number of aliphatic hydroxyl groups excluding tert-OH is 1. The first-order valence-corrected chi connectivity index (χ1v) is 9.30. The van der Waals surface area contributed by atoms with Crippen LogP contribution in [0.25, 0.3) is 0 Å². The van der Waals surface area contributed by atoms with Crippen molar-refractivity contribution < 1.29 is 9.84 Å². The Bertz CT molecular complexity index is 672. The number of hydrogen-bond acceptors (Lipinski definition) is 3. The number of ether oxygens (including phenoxy) is 1. The fourth-order valence-electron chi connectivity index (χ4n) is 2.88. The standard InChI is InChI=1S/C20H25Cl2NO2/c1-4-23(5-2)14(3)20(24)18-12-17(22)10-11-19(18)25-13-15-6-8-16(21)9-7-15/h6-12,14,20,24H,4-5,13H2,1-3H3. The van der Waals surface area contributed by atoms with Crippen LogP contribution < -0.4 is 4.74 Å². The van der Waals surface area contributed by atoms with Crippen LogP contribution in [0.4, 0.5) is 0 Å². The molecular weight excluding hydrogens is 357 g/mol. The summed E-state index contributed by atoms with van der Waals surface area (Å²) < 4.78 is 5.96. The van der Waals surface area contributed by atoms with Gasteiger partial charge in [0.05, 0.1) is 6.10 Å². The van der Waals surface area contributed by atoms with E-state index in [2.05, 4.69) is 18.7 Å². The molecule has 136 valence electrons. The highest BCUT2D eigenvalue weighted by atomic mass is 35.5. The second-order valence-electron chi connectivity index (χ2n) is 6.00. The first kappa shape index (κ1) is 20.1. The lowest BCUT2D eigenvalue weighted by atomic mass is 10.0. The molecule has 0 saturated carbocycles. The molecule has 0 saturated heterocycles. The van der Waals surface area contributed by atoms with Crippen molar-refractivity contribution in [3.63, 3.8) is 0 Å². The molecule has 2 unspecified atom stereocenters. The Hall–Kier alpha value is -1.26. The maximum atomic E-state index is 10.9. The fraction of sp³-hybridized carbons (Fsp3) is 0.400. The van der Waals surface area contributed by atoms with E-state index in [9.17, 15) is 5.11 Å². The molecule has 2 rings (SSSR count). The third-order valence-corrected chi connectivity index (χ3v) is 4.93. The maximum absolute atomic E-state index is 10.9. The summed E-state index contributed by atoms with van der Waals surface area (Å²) in [4.78, 5) is 2.20. The number of hydrogen-bond donors (Lipinski definition) is 1. The zero-order valence-electron chi connectivity index (χ0n) is 14.9. The Labute approximate surface area is 160 Å². The summed E-state index contributed by atoms with van der Waals surface area (Å²) in [7, 11) is 0. The molecule has 2 aromatic rings. The van der Waals surface area contributed by atoms with Crippen LogP contribution in [-0.2, 0) is 6.61 Å². The van der Waals surface area contributed by atoms with Gasteiger partial charge in [0.25, 0.3) is 0 Å². The SMILES string of the molecule is CCN(CC)C(C)C(O)c1cc(Cl)ccc1OCc1ccc(Cl)cc1. The average Bonchev–Trinajstić information content (AvgIpc) is 2.62. The monoisotopic (exact) mass is 381 g/mol. The molecule has 0 fully saturated rings. The summed E-state index contributed by atoms with van der Waals surface area (Å²) in [5.74, 6) is 0.644. The zero-order valence-corrected chi connectivity index (χ0v) is 16.4. The summed E-state index contributed by atoms with van der Waals surface area (Å²) in [6.07, 6.45) is -0.682. The molecule has 5 heteroatoms. The summed E-state index contributed by atoms with van der Waals surface area (Å²) in [5.41, 5.74) is 1.72. The van der Waals surface area contributed by atoms with Gasteiger partial charge in [-0.15, -0.1) is 0 Å². The Morgan fingerprint density at radius 2 is 1.60 bits per heavy atom. The molecule has 0 bridgehead atoms. The largest absolute Gasteiger partial charge is 0.489 e. The normalized spacial score (nSPS) is 13.7. The van der Waals surface area contributed by atoms with E-state index in [0.29, 0.717) is 28.0 Å². The summed E-state index contributed by atoms with van der Waals surface area (Å²) in [6, 6.07) is 12.8. The Balaban J connectivity index is 2.19. The van der Waals surface area contributed by atoms with E-state index in [0.717, 1.165) is 18.7 Å². The lowest BCUT2D eigenvalue weighted by Gasteiger charge is -2.31. The smallest absolute Gasteiger partial charge is 0.125 e. The predicted octanol–water partition coefficient (Wildman–Crippen LogP) is 5.34. The van der Waals surface area contributed by atoms with Crippen LogP contribution in [0, 0.1) is 0 Å². The van der Waals surface area contributed by atoms with Crippen molar-refractivity contribution in [2.24, 2.45) is 0 Å². The van der Waals surface area contributed by atoms with E-state index < -0.39 is 6.10 Å². The van der Waals surface area contributed by atoms with Gasteiger partial charge in [-0.2, -0.15) is 0 Å². The van der Waals surface area contributed by atoms with Crippen LogP contribution in [0.5, 0.6) is 5.75 Å². The van der Waals surface area contributed by atoms with Gasteiger partial charge in [0, 0.05) is 21.7 Å². The minimum atomic E-state index is -0.682. The summed E-state index contributed by atoms with van der Waals surface area (Å²) >= 11 is 12.1. The van der Waals surface area contributed by atoms with E-state index in [4.69, 9.17) is 27.9 Å². The highest BCUT2D eigenvalue weighted by Crippen LogP contribution is 2.32. The fourth-order valence-corrected chi connectivity index (χ4v) is 3.19. The molecule has 0 heterocycles. The van der Waals surface area contributed by atoms with Crippen molar-refractivity contribution in [1.82, 2.24) is 4.90 Å². The molecule has 0 aliphatic carbocycles. The maximum Gasteiger partial charge on any atom is 0.125 e. The molecule has 3 nitrogen and oxygen atoms in total. The van der Waals surface area contributed by atoms with Crippen molar-refractivity contribution in [2.45, 2.75) is 39.5 Å². The van der Waals surface area contributed by atoms with Gasteiger partial charge in [-0.3, -0.25) is 4.90 Å². The lowest BCUT2D eigenvalue weighted by molar-refractivity contribution is 0.0613. The molecule has 2 aromatic carbocycles. The third kappa shape index (κ3) is 5.35. The average molecular weight is 382 g/mol. The Morgan fingerprint density at radius 3 is 2.20 bits per heavy atom. The van der Waals surface area contributed by atoms with Gasteiger partial charge < -0.3 is 9.84 Å². The van der Waals surface area contributed by atoms with Crippen LogP contribution in [-0.4, -0.2) is 29.1 Å². The van der Waals surface area contributed by atoms with E-state index in [-0.39, 0.29) is 6.04 Å². The van der Waals surface area contributed by atoms with Crippen molar-refractivity contribution in [2.75, 3.05) is 13.1 Å². The van der Waals surface area contributed by atoms with Gasteiger partial charge >= 0.3 is 0 Å². The molecule has 1 N–H and O–H groups in total. The van der Waals surface area contributed by atoms with Gasteiger partial charge in [-0.05, 0) is 55.9 Å². The van der Waals surface area contributed by atoms with Crippen molar-refractivity contribution >= 4 is 23.2 Å². The number of nitrogens with zero attached hydrogens (tertiary/aromatic N) is 1. The van der Waals surface area contributed by atoms with Crippen LogP contribution in [0.3, 0.4) is 0 Å². The van der Waals surface area contributed by atoms with E-state index in [1.165, 1.54) is 0 Å². The minimum absolute atomic E-state index is 0.0358. The lowest BCUT2D eigenvalue weighted by Crippen LogP contribution is -2.37. The van der Waals surface area contributed by atoms with Crippen LogP contribution in [0.1, 0.15) is 38.0 Å². The molecule has 25 heavy (non-hydrogen) atoms. The van der Waals surface area contributed by atoms with Gasteiger partial charge in [0.1, 0.15) is 12.4 Å². The highest BCUT2D eigenvalue weighted by Gasteiger charge is 2.24. The Morgan fingerprint density at radius 1 is 1.00 bits per heavy atom. The predicted molar refractivity (Wildman–Crippen MR) is 105 cm³/mol. The van der Waals surface area contributed by atoms with Gasteiger partial charge in [0.2, 0.25) is 0 Å². The first-order chi connectivity index (χ1) is 12.0. The summed E-state index contributed by atoms with van der Waals surface area (Å²) in [6.45, 7) is 8.33. The molecule has 0 spiro atoms. The summed E-state index contributed by atoms with van der Waals surface area (Å²) in [5, 5.41) is 12.1. The molecule has 0 aliphatic heterocycles. The topological polar surface area (TPSA) is 32.7 Å². The zero-order chi connectivity index (χ0) is 18.4. The number of rotatable bonds is 8. The molecule has 0 aromatic heterocycles. The van der Waals surface area contributed by atoms with E-state index in [1.807, 2.05) is 37.3 Å². The van der Waals surface area contributed by atoms with Gasteiger partial charge in [-0.1, -0.05) is 49.2 Å². The van der Waals surface area contributed by atoms with Crippen LogP contribution in [0.2, 0.25) is 10.0 Å². The second kappa shape index (κ2) is 9.44. The number of aliphatic hydroxyl groups is 1. The van der Waals surface area contributed by atoms with E-state index in [1.54, 1.807) is 12.1 Å². The highest BCUT2D eigenvalue weighted by molar-refractivity contribution is 6.30. The van der Waals surface area contributed by atoms with Crippen molar-refractivity contribution in [3.8, 4) is 5.75 Å². The second-order valence-corrected chi connectivity index (χ2v) is 6.88. The minimum Gasteiger partial charge on any atom is -0.489 e. The third-order valence-electron chi connectivity index (χ3n) is 4.44. The van der Waals surface area contributed by atoms with Crippen molar-refractivity contribution in [3.05, 3.63) is 63.6 Å². The number of benzene rings is 2. The first-order valence-electron chi connectivity index (χ1n) is 8.55. The number of likely N-dealkylation sites (N-methyl/N-ethyl adjacent to an activating group) is 1. The van der Waals surface area contributed by atoms with E-state index >= 15 is 0 Å². The van der Waals surface area contributed by atoms with Gasteiger partial charge in [0.15, 0.2) is 0 Å². The van der Waals surface area contributed by atoms with Crippen molar-refractivity contribution in [1.29, 1.82) is 0 Å². The molecule has 0 radical (unpaired) electrons. The molecule has 2 atom stereocenters. The number of halogens is 2. The molecule has 0 aliphatic rings. The molecule has 0 amide bonds. The Kier molecular flexibility index (Phi) is 7.57. The van der Waals surface area contributed by atoms with Crippen LogP contribution >= 0.6 is 23.2 Å². The molecular formula is C20H25Cl2NO2. The quantitative estimate of drug-likeness (QED) is 0.669. The van der Waals surface area contributed by atoms with Crippen LogP contribution in [0.15, 0.2) is 42.5 Å².